The highest BCUT2D eigenvalue weighted by Crippen LogP contribution is 2.18. The Morgan fingerprint density at radius 2 is 1.73 bits per heavy atom. The summed E-state index contributed by atoms with van der Waals surface area (Å²) < 4.78 is 0. The Morgan fingerprint density at radius 3 is 2.09 bits per heavy atom. The highest BCUT2D eigenvalue weighted by atomic mass is 14.1. The molecule has 0 bridgehead atoms. The van der Waals surface area contributed by atoms with Crippen molar-refractivity contribution >= 4 is 0 Å². The van der Waals surface area contributed by atoms with E-state index in [1.165, 1.54) is 19.3 Å². The van der Waals surface area contributed by atoms with Gasteiger partial charge in [-0.25, -0.2) is 0 Å². The van der Waals surface area contributed by atoms with Gasteiger partial charge in [0.05, 0.1) is 0 Å². The monoisotopic (exact) mass is 154 g/mol. The van der Waals surface area contributed by atoms with Gasteiger partial charge in [0.2, 0.25) is 0 Å². The molecule has 0 amide bonds. The average Bonchev–Trinajstić information content (AvgIpc) is 1.97. The van der Waals surface area contributed by atoms with Crippen molar-refractivity contribution < 1.29 is 0 Å². The average molecular weight is 154 g/mol. The number of hydrogen-bond acceptors (Lipinski definition) is 0. The van der Waals surface area contributed by atoms with Gasteiger partial charge in [-0.2, -0.15) is 0 Å². The minimum Gasteiger partial charge on any atom is -0.0888 e. The van der Waals surface area contributed by atoms with Gasteiger partial charge in [0.15, 0.2) is 0 Å². The summed E-state index contributed by atoms with van der Waals surface area (Å²) in [6.45, 7) is 9.10. The van der Waals surface area contributed by atoms with Gasteiger partial charge in [-0.3, -0.25) is 0 Å². The van der Waals surface area contributed by atoms with Crippen LogP contribution in [-0.2, 0) is 0 Å². The summed E-state index contributed by atoms with van der Waals surface area (Å²) in [5.74, 6) is 1.72. The molecule has 0 nitrogen and oxygen atoms in total. The van der Waals surface area contributed by atoms with Crippen molar-refractivity contribution in [3.63, 3.8) is 0 Å². The van der Waals surface area contributed by atoms with Gasteiger partial charge >= 0.3 is 0 Å². The molecule has 0 spiro atoms. The van der Waals surface area contributed by atoms with E-state index < -0.39 is 0 Å². The zero-order valence-electron chi connectivity index (χ0n) is 8.43. The summed E-state index contributed by atoms with van der Waals surface area (Å²) in [5.41, 5.74) is 0. The third-order valence-corrected chi connectivity index (χ3v) is 2.31. The molecule has 0 aromatic carbocycles. The maximum absolute atomic E-state index is 2.33. The van der Waals surface area contributed by atoms with Crippen LogP contribution >= 0.6 is 0 Å². The molecule has 0 N–H and O–H groups in total. The fourth-order valence-corrected chi connectivity index (χ4v) is 1.35. The molecule has 0 rings (SSSR count). The molecule has 0 aliphatic rings. The predicted octanol–water partition coefficient (Wildman–Crippen LogP) is 4.02. The van der Waals surface area contributed by atoms with E-state index in [0.717, 1.165) is 11.8 Å². The van der Waals surface area contributed by atoms with Crippen molar-refractivity contribution in [3.05, 3.63) is 12.2 Å². The smallest absolute Gasteiger partial charge is 0.0320 e. The zero-order chi connectivity index (χ0) is 8.69. The zero-order valence-corrected chi connectivity index (χ0v) is 8.43. The molecule has 0 saturated heterocycles. The van der Waals surface area contributed by atoms with Crippen LogP contribution in [0.1, 0.15) is 47.0 Å². The SMILES string of the molecule is CCC=CCC(CC)C(C)C. The third kappa shape index (κ3) is 5.06. The molecule has 0 fully saturated rings. The Kier molecular flexibility index (Phi) is 6.30. The molecule has 1 unspecified atom stereocenters. The largest absolute Gasteiger partial charge is 0.0888 e. The van der Waals surface area contributed by atoms with Gasteiger partial charge in [0.25, 0.3) is 0 Å². The summed E-state index contributed by atoms with van der Waals surface area (Å²) >= 11 is 0. The Bertz CT molecular complexity index is 101. The topological polar surface area (TPSA) is 0 Å². The van der Waals surface area contributed by atoms with Crippen molar-refractivity contribution in [3.8, 4) is 0 Å². The Hall–Kier alpha value is -0.260. The molecular formula is C11H22. The molecule has 0 aromatic rings. The van der Waals surface area contributed by atoms with Gasteiger partial charge in [-0.15, -0.1) is 0 Å². The molecule has 0 heteroatoms. The summed E-state index contributed by atoms with van der Waals surface area (Å²) in [7, 11) is 0. The van der Waals surface area contributed by atoms with Crippen LogP contribution in [0.5, 0.6) is 0 Å². The minimum absolute atomic E-state index is 0.835. The molecule has 66 valence electrons. The van der Waals surface area contributed by atoms with Crippen molar-refractivity contribution in [2.24, 2.45) is 11.8 Å². The number of hydrogen-bond donors (Lipinski definition) is 0. The first-order valence-corrected chi connectivity index (χ1v) is 4.87. The van der Waals surface area contributed by atoms with Gasteiger partial charge in [-0.05, 0) is 24.7 Å². The van der Waals surface area contributed by atoms with Gasteiger partial charge < -0.3 is 0 Å². The standard InChI is InChI=1S/C11H22/c1-5-7-8-9-11(6-2)10(3)4/h7-8,10-11H,5-6,9H2,1-4H3. The lowest BCUT2D eigenvalue weighted by molar-refractivity contribution is 0.377. The van der Waals surface area contributed by atoms with Gasteiger partial charge in [0, 0.05) is 0 Å². The first kappa shape index (κ1) is 10.7. The lowest BCUT2D eigenvalue weighted by Gasteiger charge is -2.16. The van der Waals surface area contributed by atoms with E-state index in [1.807, 2.05) is 0 Å². The third-order valence-electron chi connectivity index (χ3n) is 2.31. The van der Waals surface area contributed by atoms with E-state index in [-0.39, 0.29) is 0 Å². The Labute approximate surface area is 71.7 Å². The van der Waals surface area contributed by atoms with Gasteiger partial charge in [0.1, 0.15) is 0 Å². The Balaban J connectivity index is 3.60. The maximum Gasteiger partial charge on any atom is -0.0320 e. The molecule has 0 saturated carbocycles. The number of allylic oxidation sites excluding steroid dienone is 2. The van der Waals surface area contributed by atoms with E-state index in [1.54, 1.807) is 0 Å². The second-order valence-corrected chi connectivity index (χ2v) is 3.53. The maximum atomic E-state index is 2.33. The lowest BCUT2D eigenvalue weighted by Crippen LogP contribution is -2.05. The van der Waals surface area contributed by atoms with Crippen LogP contribution in [0.25, 0.3) is 0 Å². The van der Waals surface area contributed by atoms with Crippen LogP contribution in [0.4, 0.5) is 0 Å². The van der Waals surface area contributed by atoms with Crippen LogP contribution < -0.4 is 0 Å². The van der Waals surface area contributed by atoms with E-state index in [9.17, 15) is 0 Å². The van der Waals surface area contributed by atoms with Crippen LogP contribution in [0.15, 0.2) is 12.2 Å². The molecule has 0 aliphatic carbocycles. The fraction of sp³-hybridized carbons (Fsp3) is 0.818. The van der Waals surface area contributed by atoms with Crippen LogP contribution in [0, 0.1) is 11.8 Å². The highest BCUT2D eigenvalue weighted by molar-refractivity contribution is 4.83. The summed E-state index contributed by atoms with van der Waals surface area (Å²) in [6.07, 6.45) is 8.35. The van der Waals surface area contributed by atoms with E-state index >= 15 is 0 Å². The molecule has 1 atom stereocenters. The summed E-state index contributed by atoms with van der Waals surface area (Å²) in [5, 5.41) is 0. The molecule has 0 radical (unpaired) electrons. The second-order valence-electron chi connectivity index (χ2n) is 3.53. The predicted molar refractivity (Wildman–Crippen MR) is 52.7 cm³/mol. The summed E-state index contributed by atoms with van der Waals surface area (Å²) in [6, 6.07) is 0. The van der Waals surface area contributed by atoms with Crippen molar-refractivity contribution in [2.45, 2.75) is 47.0 Å². The van der Waals surface area contributed by atoms with Crippen LogP contribution in [0.3, 0.4) is 0 Å². The van der Waals surface area contributed by atoms with E-state index in [2.05, 4.69) is 39.8 Å². The second kappa shape index (κ2) is 6.45. The highest BCUT2D eigenvalue weighted by Gasteiger charge is 2.07. The molecule has 11 heavy (non-hydrogen) atoms. The fourth-order valence-electron chi connectivity index (χ4n) is 1.35. The Morgan fingerprint density at radius 1 is 1.09 bits per heavy atom. The first-order chi connectivity index (χ1) is 5.22. The molecule has 0 heterocycles. The molecule has 0 aromatic heterocycles. The van der Waals surface area contributed by atoms with Crippen molar-refractivity contribution in [1.29, 1.82) is 0 Å². The van der Waals surface area contributed by atoms with Crippen LogP contribution in [-0.4, -0.2) is 0 Å². The van der Waals surface area contributed by atoms with E-state index in [0.29, 0.717) is 0 Å². The van der Waals surface area contributed by atoms with Crippen molar-refractivity contribution in [1.82, 2.24) is 0 Å². The van der Waals surface area contributed by atoms with Gasteiger partial charge in [-0.1, -0.05) is 46.3 Å². The lowest BCUT2D eigenvalue weighted by atomic mass is 9.90. The van der Waals surface area contributed by atoms with Crippen LogP contribution in [0.2, 0.25) is 0 Å². The number of rotatable bonds is 5. The molecule has 0 aliphatic heterocycles. The normalized spacial score (nSPS) is 14.6. The van der Waals surface area contributed by atoms with Crippen molar-refractivity contribution in [2.75, 3.05) is 0 Å². The summed E-state index contributed by atoms with van der Waals surface area (Å²) in [4.78, 5) is 0. The molecular weight excluding hydrogens is 132 g/mol. The quantitative estimate of drug-likeness (QED) is 0.524. The van der Waals surface area contributed by atoms with E-state index in [4.69, 9.17) is 0 Å². The first-order valence-electron chi connectivity index (χ1n) is 4.87. The minimum atomic E-state index is 0.835.